The van der Waals surface area contributed by atoms with Gasteiger partial charge in [0.2, 0.25) is 0 Å². The smallest absolute Gasteiger partial charge is 0.0370 e. The van der Waals surface area contributed by atoms with Crippen molar-refractivity contribution in [1.82, 2.24) is 5.32 Å². The maximum Gasteiger partial charge on any atom is 0.0370 e. The molecule has 3 nitrogen and oxygen atoms in total. The SMILES string of the molecule is CCN(CC)c1ccc(N2CCC(NC)CC2C)cc1. The molecule has 1 saturated heterocycles. The minimum atomic E-state index is 0.612. The third-order valence-corrected chi connectivity index (χ3v) is 4.59. The maximum absolute atomic E-state index is 3.41. The number of nitrogens with zero attached hydrogens (tertiary/aromatic N) is 2. The molecule has 0 radical (unpaired) electrons. The molecule has 0 aliphatic carbocycles. The van der Waals surface area contributed by atoms with E-state index in [0.29, 0.717) is 12.1 Å². The highest BCUT2D eigenvalue weighted by atomic mass is 15.2. The third kappa shape index (κ3) is 3.26. The molecule has 0 saturated carbocycles. The van der Waals surface area contributed by atoms with Crippen LogP contribution in [0, 0.1) is 0 Å². The number of piperidine rings is 1. The van der Waals surface area contributed by atoms with Crippen LogP contribution >= 0.6 is 0 Å². The molecule has 1 aromatic carbocycles. The zero-order valence-electron chi connectivity index (χ0n) is 13.4. The van der Waals surface area contributed by atoms with Crippen molar-refractivity contribution in [3.8, 4) is 0 Å². The van der Waals surface area contributed by atoms with E-state index in [9.17, 15) is 0 Å². The van der Waals surface area contributed by atoms with Crippen molar-refractivity contribution in [2.45, 2.75) is 45.7 Å². The lowest BCUT2D eigenvalue weighted by Crippen LogP contribution is -2.46. The molecule has 1 aromatic rings. The standard InChI is InChI=1S/C17H29N3/c1-5-19(6-2)16-7-9-17(10-8-16)20-12-11-15(18-4)13-14(20)3/h7-10,14-15,18H,5-6,11-13H2,1-4H3. The second-order valence-electron chi connectivity index (χ2n) is 5.74. The fraction of sp³-hybridized carbons (Fsp3) is 0.647. The fourth-order valence-corrected chi connectivity index (χ4v) is 3.26. The van der Waals surface area contributed by atoms with Gasteiger partial charge in [0.05, 0.1) is 0 Å². The van der Waals surface area contributed by atoms with Crippen LogP contribution in [0.2, 0.25) is 0 Å². The predicted molar refractivity (Wildman–Crippen MR) is 88.9 cm³/mol. The van der Waals surface area contributed by atoms with Gasteiger partial charge in [-0.05, 0) is 64.9 Å². The summed E-state index contributed by atoms with van der Waals surface area (Å²) in [6.45, 7) is 10.0. The molecule has 1 fully saturated rings. The summed E-state index contributed by atoms with van der Waals surface area (Å²) in [5.74, 6) is 0. The lowest BCUT2D eigenvalue weighted by Gasteiger charge is -2.39. The molecule has 1 aliphatic rings. The molecule has 112 valence electrons. The van der Waals surface area contributed by atoms with E-state index >= 15 is 0 Å². The van der Waals surface area contributed by atoms with Crippen molar-refractivity contribution >= 4 is 11.4 Å². The Morgan fingerprint density at radius 1 is 1.20 bits per heavy atom. The summed E-state index contributed by atoms with van der Waals surface area (Å²) >= 11 is 0. The molecule has 3 heteroatoms. The summed E-state index contributed by atoms with van der Waals surface area (Å²) in [5, 5.41) is 3.41. The van der Waals surface area contributed by atoms with E-state index in [0.717, 1.165) is 19.6 Å². The summed E-state index contributed by atoms with van der Waals surface area (Å²) < 4.78 is 0. The maximum atomic E-state index is 3.41. The Balaban J connectivity index is 2.06. The largest absolute Gasteiger partial charge is 0.372 e. The highest BCUT2D eigenvalue weighted by molar-refractivity contribution is 5.57. The van der Waals surface area contributed by atoms with Crippen molar-refractivity contribution < 1.29 is 0 Å². The van der Waals surface area contributed by atoms with Crippen molar-refractivity contribution in [3.63, 3.8) is 0 Å². The van der Waals surface area contributed by atoms with Crippen LogP contribution in [0.25, 0.3) is 0 Å². The van der Waals surface area contributed by atoms with Crippen molar-refractivity contribution in [1.29, 1.82) is 0 Å². The Bertz CT molecular complexity index is 397. The third-order valence-electron chi connectivity index (χ3n) is 4.59. The van der Waals surface area contributed by atoms with Crippen LogP contribution in [-0.4, -0.2) is 38.8 Å². The minimum Gasteiger partial charge on any atom is -0.372 e. The zero-order chi connectivity index (χ0) is 14.5. The van der Waals surface area contributed by atoms with Gasteiger partial charge in [-0.25, -0.2) is 0 Å². The predicted octanol–water partition coefficient (Wildman–Crippen LogP) is 3.11. The second kappa shape index (κ2) is 6.98. The quantitative estimate of drug-likeness (QED) is 0.891. The Hall–Kier alpha value is -1.22. The summed E-state index contributed by atoms with van der Waals surface area (Å²) in [6.07, 6.45) is 2.47. The van der Waals surface area contributed by atoms with Crippen LogP contribution in [0.4, 0.5) is 11.4 Å². The number of hydrogen-bond acceptors (Lipinski definition) is 3. The van der Waals surface area contributed by atoms with E-state index in [-0.39, 0.29) is 0 Å². The molecule has 20 heavy (non-hydrogen) atoms. The second-order valence-corrected chi connectivity index (χ2v) is 5.74. The van der Waals surface area contributed by atoms with Gasteiger partial charge in [0.1, 0.15) is 0 Å². The molecule has 0 amide bonds. The highest BCUT2D eigenvalue weighted by Crippen LogP contribution is 2.27. The topological polar surface area (TPSA) is 18.5 Å². The van der Waals surface area contributed by atoms with Crippen molar-refractivity contribution in [3.05, 3.63) is 24.3 Å². The van der Waals surface area contributed by atoms with Crippen LogP contribution in [0.3, 0.4) is 0 Å². The van der Waals surface area contributed by atoms with E-state index in [1.165, 1.54) is 24.2 Å². The van der Waals surface area contributed by atoms with Crippen molar-refractivity contribution in [2.75, 3.05) is 36.5 Å². The van der Waals surface area contributed by atoms with Gasteiger partial charge in [-0.3, -0.25) is 0 Å². The van der Waals surface area contributed by atoms with E-state index in [1.807, 2.05) is 0 Å². The first kappa shape index (κ1) is 15.2. The van der Waals surface area contributed by atoms with Gasteiger partial charge in [-0.15, -0.1) is 0 Å². The highest BCUT2D eigenvalue weighted by Gasteiger charge is 2.24. The first-order chi connectivity index (χ1) is 9.69. The molecule has 2 atom stereocenters. The number of nitrogens with one attached hydrogen (secondary N) is 1. The Labute approximate surface area is 124 Å². The average Bonchev–Trinajstić information content (AvgIpc) is 2.49. The van der Waals surface area contributed by atoms with Gasteiger partial charge in [0.25, 0.3) is 0 Å². The average molecular weight is 275 g/mol. The Kier molecular flexibility index (Phi) is 5.30. The van der Waals surface area contributed by atoms with Crippen LogP contribution < -0.4 is 15.1 Å². The summed E-state index contributed by atoms with van der Waals surface area (Å²) in [6, 6.07) is 10.4. The lowest BCUT2D eigenvalue weighted by molar-refractivity contribution is 0.387. The van der Waals surface area contributed by atoms with Crippen LogP contribution in [0.5, 0.6) is 0 Å². The lowest BCUT2D eigenvalue weighted by atomic mass is 9.97. The molecule has 2 rings (SSSR count). The van der Waals surface area contributed by atoms with Gasteiger partial charge in [0.15, 0.2) is 0 Å². The van der Waals surface area contributed by atoms with Gasteiger partial charge >= 0.3 is 0 Å². The van der Waals surface area contributed by atoms with E-state index in [4.69, 9.17) is 0 Å². The summed E-state index contributed by atoms with van der Waals surface area (Å²) in [4.78, 5) is 4.93. The van der Waals surface area contributed by atoms with Gasteiger partial charge in [-0.1, -0.05) is 0 Å². The molecule has 0 spiro atoms. The van der Waals surface area contributed by atoms with E-state index in [1.54, 1.807) is 0 Å². The minimum absolute atomic E-state index is 0.612. The molecule has 0 aromatic heterocycles. The van der Waals surface area contributed by atoms with E-state index < -0.39 is 0 Å². The zero-order valence-corrected chi connectivity index (χ0v) is 13.4. The van der Waals surface area contributed by atoms with E-state index in [2.05, 4.69) is 67.2 Å². The molecular formula is C17H29N3. The molecule has 1 heterocycles. The number of anilines is 2. The number of hydrogen-bond donors (Lipinski definition) is 1. The Morgan fingerprint density at radius 2 is 1.85 bits per heavy atom. The monoisotopic (exact) mass is 275 g/mol. The molecular weight excluding hydrogens is 246 g/mol. The van der Waals surface area contributed by atoms with Crippen LogP contribution in [0.1, 0.15) is 33.6 Å². The first-order valence-electron chi connectivity index (χ1n) is 7.98. The summed E-state index contributed by atoms with van der Waals surface area (Å²) in [7, 11) is 2.08. The fourth-order valence-electron chi connectivity index (χ4n) is 3.26. The normalized spacial score (nSPS) is 22.9. The van der Waals surface area contributed by atoms with Crippen LogP contribution in [0.15, 0.2) is 24.3 Å². The molecule has 0 bridgehead atoms. The van der Waals surface area contributed by atoms with Crippen LogP contribution in [-0.2, 0) is 0 Å². The number of benzene rings is 1. The molecule has 1 aliphatic heterocycles. The summed E-state index contributed by atoms with van der Waals surface area (Å²) in [5.41, 5.74) is 2.69. The van der Waals surface area contributed by atoms with Crippen molar-refractivity contribution in [2.24, 2.45) is 0 Å². The first-order valence-corrected chi connectivity index (χ1v) is 7.98. The van der Waals surface area contributed by atoms with Gasteiger partial charge in [0, 0.05) is 43.1 Å². The molecule has 1 N–H and O–H groups in total. The Morgan fingerprint density at radius 3 is 2.35 bits per heavy atom. The van der Waals surface area contributed by atoms with Gasteiger partial charge in [-0.2, -0.15) is 0 Å². The number of rotatable bonds is 5. The van der Waals surface area contributed by atoms with Gasteiger partial charge < -0.3 is 15.1 Å². The molecule has 2 unspecified atom stereocenters.